The number of nitrogens with two attached hydrogens (primary N) is 1. The van der Waals surface area contributed by atoms with Gasteiger partial charge in [0.05, 0.1) is 18.7 Å². The van der Waals surface area contributed by atoms with Gasteiger partial charge in [-0.3, -0.25) is 4.90 Å². The number of aromatic nitrogens is 3. The molecule has 3 heterocycles. The van der Waals surface area contributed by atoms with Gasteiger partial charge in [0.2, 0.25) is 0 Å². The molecule has 4 aromatic rings. The van der Waals surface area contributed by atoms with Crippen LogP contribution in [0, 0.1) is 0 Å². The summed E-state index contributed by atoms with van der Waals surface area (Å²) >= 11 is 0. The van der Waals surface area contributed by atoms with E-state index < -0.39 is 0 Å². The summed E-state index contributed by atoms with van der Waals surface area (Å²) in [6.45, 7) is 4.60. The van der Waals surface area contributed by atoms with Crippen LogP contribution < -0.4 is 5.73 Å². The van der Waals surface area contributed by atoms with E-state index in [1.165, 1.54) is 22.3 Å². The summed E-state index contributed by atoms with van der Waals surface area (Å²) < 4.78 is 5.49. The molecule has 0 saturated carbocycles. The zero-order valence-corrected chi connectivity index (χ0v) is 18.6. The average Bonchev–Trinajstić information content (AvgIpc) is 3.28. The summed E-state index contributed by atoms with van der Waals surface area (Å²) in [5.74, 6) is 1.31. The number of pyridine rings is 1. The maximum atomic E-state index is 6.19. The van der Waals surface area contributed by atoms with E-state index in [1.54, 1.807) is 0 Å². The van der Waals surface area contributed by atoms with Gasteiger partial charge in [0.15, 0.2) is 5.65 Å². The molecule has 0 radical (unpaired) electrons. The van der Waals surface area contributed by atoms with Gasteiger partial charge in [0.25, 0.3) is 0 Å². The second-order valence-electron chi connectivity index (χ2n) is 8.84. The molecular formula is C27H27N5O. The minimum Gasteiger partial charge on any atom is -0.384 e. The number of benzene rings is 2. The molecule has 1 fully saturated rings. The number of nitrogens with one attached hydrogen (secondary N) is 1. The molecule has 2 aliphatic rings. The summed E-state index contributed by atoms with van der Waals surface area (Å²) in [6, 6.07) is 19.0. The van der Waals surface area contributed by atoms with E-state index in [1.807, 2.05) is 36.4 Å². The molecular weight excluding hydrogens is 410 g/mol. The van der Waals surface area contributed by atoms with E-state index >= 15 is 0 Å². The number of rotatable bonds is 4. The minimum atomic E-state index is 0.497. The predicted molar refractivity (Wildman–Crippen MR) is 132 cm³/mol. The van der Waals surface area contributed by atoms with Crippen LogP contribution in [0.25, 0.3) is 34.2 Å². The molecule has 2 aromatic carbocycles. The third-order valence-corrected chi connectivity index (χ3v) is 6.59. The number of nitrogen functional groups attached to an aromatic ring is 1. The van der Waals surface area contributed by atoms with Crippen LogP contribution in [0.5, 0.6) is 0 Å². The zero-order valence-electron chi connectivity index (χ0n) is 18.6. The van der Waals surface area contributed by atoms with Crippen LogP contribution in [0.1, 0.15) is 28.7 Å². The van der Waals surface area contributed by atoms with E-state index in [0.717, 1.165) is 68.2 Å². The van der Waals surface area contributed by atoms with Crippen molar-refractivity contribution in [2.45, 2.75) is 19.4 Å². The number of nitrogens with zero attached hydrogens (tertiary/aromatic N) is 3. The predicted octanol–water partition coefficient (Wildman–Crippen LogP) is 4.53. The maximum Gasteiger partial charge on any atom is 0.180 e. The molecule has 6 rings (SSSR count). The molecule has 0 atom stereocenters. The first kappa shape index (κ1) is 20.1. The molecule has 3 N–H and O–H groups in total. The van der Waals surface area contributed by atoms with Crippen molar-refractivity contribution in [1.29, 1.82) is 0 Å². The fourth-order valence-electron chi connectivity index (χ4n) is 4.86. The third kappa shape index (κ3) is 4.03. The van der Waals surface area contributed by atoms with Crippen LogP contribution in [0.4, 0.5) is 5.82 Å². The van der Waals surface area contributed by atoms with Crippen molar-refractivity contribution < 1.29 is 4.74 Å². The lowest BCUT2D eigenvalue weighted by Crippen LogP contribution is -2.35. The lowest BCUT2D eigenvalue weighted by molar-refractivity contribution is 0.0342. The highest BCUT2D eigenvalue weighted by molar-refractivity contribution is 5.96. The normalized spacial score (nSPS) is 16.5. The van der Waals surface area contributed by atoms with Crippen molar-refractivity contribution >= 4 is 28.6 Å². The summed E-state index contributed by atoms with van der Waals surface area (Å²) in [5, 5.41) is 0. The smallest absolute Gasteiger partial charge is 0.180 e. The van der Waals surface area contributed by atoms with Crippen LogP contribution >= 0.6 is 0 Å². The highest BCUT2D eigenvalue weighted by Gasteiger charge is 2.19. The number of hydrogen-bond acceptors (Lipinski definition) is 5. The highest BCUT2D eigenvalue weighted by atomic mass is 16.5. The molecule has 2 aromatic heterocycles. The standard InChI is InChI=1S/C27H27N5O/c28-24-16-23(25-27(29-24)31-26(30-25)20-4-2-1-3-5-20)21-9-8-19-7-6-18(14-22(19)15-21)17-32-10-12-33-13-11-32/h1-7,14-16H,8-13,17H2,(H3,28,29,30,31). The van der Waals surface area contributed by atoms with Crippen molar-refractivity contribution in [3.05, 3.63) is 76.9 Å². The summed E-state index contributed by atoms with van der Waals surface area (Å²) in [4.78, 5) is 15.2. The fraction of sp³-hybridized carbons (Fsp3) is 0.259. The second-order valence-corrected chi connectivity index (χ2v) is 8.84. The lowest BCUT2D eigenvalue weighted by atomic mass is 9.87. The van der Waals surface area contributed by atoms with Gasteiger partial charge in [-0.25, -0.2) is 9.97 Å². The topological polar surface area (TPSA) is 80.1 Å². The van der Waals surface area contributed by atoms with Crippen LogP contribution in [-0.4, -0.2) is 46.2 Å². The summed E-state index contributed by atoms with van der Waals surface area (Å²) in [5.41, 5.74) is 15.3. The first-order valence-electron chi connectivity index (χ1n) is 11.6. The van der Waals surface area contributed by atoms with Gasteiger partial charge >= 0.3 is 0 Å². The van der Waals surface area contributed by atoms with Crippen LogP contribution in [0.2, 0.25) is 0 Å². The molecule has 1 aliphatic heterocycles. The Hall–Kier alpha value is -3.48. The van der Waals surface area contributed by atoms with Crippen LogP contribution in [0.15, 0.2) is 54.6 Å². The molecule has 0 unspecified atom stereocenters. The zero-order chi connectivity index (χ0) is 22.2. The molecule has 0 bridgehead atoms. The number of anilines is 1. The molecule has 1 saturated heterocycles. The Labute approximate surface area is 193 Å². The Balaban J connectivity index is 1.37. The van der Waals surface area contributed by atoms with Crippen LogP contribution in [0.3, 0.4) is 0 Å². The number of imidazole rings is 1. The summed E-state index contributed by atoms with van der Waals surface area (Å²) in [7, 11) is 0. The molecule has 33 heavy (non-hydrogen) atoms. The van der Waals surface area contributed by atoms with Gasteiger partial charge in [0, 0.05) is 30.8 Å². The van der Waals surface area contributed by atoms with Crippen molar-refractivity contribution in [2.24, 2.45) is 0 Å². The van der Waals surface area contributed by atoms with Gasteiger partial charge < -0.3 is 15.5 Å². The van der Waals surface area contributed by atoms with E-state index in [2.05, 4.69) is 39.1 Å². The van der Waals surface area contributed by atoms with Crippen molar-refractivity contribution in [2.75, 3.05) is 32.0 Å². The van der Waals surface area contributed by atoms with Gasteiger partial charge in [-0.1, -0.05) is 54.6 Å². The van der Waals surface area contributed by atoms with E-state index in [9.17, 15) is 0 Å². The molecule has 0 amide bonds. The number of ether oxygens (including phenoxy) is 1. The number of H-pyrrole nitrogens is 1. The minimum absolute atomic E-state index is 0.497. The lowest BCUT2D eigenvalue weighted by Gasteiger charge is -2.27. The quantitative estimate of drug-likeness (QED) is 0.490. The maximum absolute atomic E-state index is 6.19. The molecule has 6 heteroatoms. The Morgan fingerprint density at radius 1 is 0.970 bits per heavy atom. The number of allylic oxidation sites excluding steroid dienone is 1. The molecule has 0 spiro atoms. The Morgan fingerprint density at radius 3 is 2.67 bits per heavy atom. The third-order valence-electron chi connectivity index (χ3n) is 6.59. The Bertz CT molecular complexity index is 1340. The number of fused-ring (bicyclic) bond motifs is 2. The fourth-order valence-corrected chi connectivity index (χ4v) is 4.86. The van der Waals surface area contributed by atoms with Gasteiger partial charge in [0.1, 0.15) is 11.6 Å². The van der Waals surface area contributed by atoms with Gasteiger partial charge in [-0.2, -0.15) is 0 Å². The molecule has 1 aliphatic carbocycles. The van der Waals surface area contributed by atoms with Crippen molar-refractivity contribution in [3.63, 3.8) is 0 Å². The number of morpholine rings is 1. The average molecular weight is 438 g/mol. The first-order chi connectivity index (χ1) is 16.2. The first-order valence-corrected chi connectivity index (χ1v) is 11.6. The number of hydrogen-bond donors (Lipinski definition) is 2. The SMILES string of the molecule is Nc1cc(C2=Cc3cc(CN4CCOCC4)ccc3CC2)c2[nH]c(-c3ccccc3)nc2n1. The van der Waals surface area contributed by atoms with Crippen molar-refractivity contribution in [1.82, 2.24) is 19.9 Å². The molecule has 166 valence electrons. The number of aromatic amines is 1. The van der Waals surface area contributed by atoms with Crippen LogP contribution in [-0.2, 0) is 17.7 Å². The Morgan fingerprint density at radius 2 is 1.82 bits per heavy atom. The summed E-state index contributed by atoms with van der Waals surface area (Å²) in [6.07, 6.45) is 4.30. The van der Waals surface area contributed by atoms with Crippen molar-refractivity contribution in [3.8, 4) is 11.4 Å². The Kier molecular flexibility index (Phi) is 5.17. The highest BCUT2D eigenvalue weighted by Crippen LogP contribution is 2.35. The number of aryl methyl sites for hydroxylation is 1. The second kappa shape index (κ2) is 8.46. The largest absolute Gasteiger partial charge is 0.384 e. The molecule has 6 nitrogen and oxygen atoms in total. The van der Waals surface area contributed by atoms with E-state index in [0.29, 0.717) is 11.5 Å². The van der Waals surface area contributed by atoms with Gasteiger partial charge in [-0.15, -0.1) is 0 Å². The monoisotopic (exact) mass is 437 g/mol. The van der Waals surface area contributed by atoms with Gasteiger partial charge in [-0.05, 0) is 41.2 Å². The van der Waals surface area contributed by atoms with E-state index in [-0.39, 0.29) is 0 Å². The van der Waals surface area contributed by atoms with E-state index in [4.69, 9.17) is 15.5 Å².